The summed E-state index contributed by atoms with van der Waals surface area (Å²) in [5.74, 6) is -0.355. The summed E-state index contributed by atoms with van der Waals surface area (Å²) in [4.78, 5) is 16.5. The van der Waals surface area contributed by atoms with Gasteiger partial charge in [0, 0.05) is 5.69 Å². The molecule has 2 N–H and O–H groups in total. The second-order valence-corrected chi connectivity index (χ2v) is 5.84. The summed E-state index contributed by atoms with van der Waals surface area (Å²) >= 11 is 1.53. The minimum Gasteiger partial charge on any atom is -0.455 e. The predicted octanol–water partition coefficient (Wildman–Crippen LogP) is 3.54. The van der Waals surface area contributed by atoms with E-state index in [-0.39, 0.29) is 12.6 Å². The molecule has 0 atom stereocenters. The van der Waals surface area contributed by atoms with Crippen LogP contribution in [0.1, 0.15) is 20.9 Å². The molecule has 0 fully saturated rings. The van der Waals surface area contributed by atoms with Crippen LogP contribution in [0, 0.1) is 6.92 Å². The second-order valence-electron chi connectivity index (χ2n) is 4.73. The number of anilines is 1. The highest BCUT2D eigenvalue weighted by Crippen LogP contribution is 2.22. The third-order valence-corrected chi connectivity index (χ3v) is 4.15. The predicted molar refractivity (Wildman–Crippen MR) is 84.3 cm³/mol. The van der Waals surface area contributed by atoms with Crippen LogP contribution in [0.3, 0.4) is 0 Å². The summed E-state index contributed by atoms with van der Waals surface area (Å²) in [7, 11) is 0. The van der Waals surface area contributed by atoms with E-state index in [1.165, 1.54) is 11.3 Å². The summed E-state index contributed by atoms with van der Waals surface area (Å²) in [6.45, 7) is 2.02. The molecule has 1 heterocycles. The summed E-state index contributed by atoms with van der Waals surface area (Å²) in [6.07, 6.45) is 0. The zero-order valence-electron chi connectivity index (χ0n) is 11.5. The Kier molecular flexibility index (Phi) is 3.58. The number of aryl methyl sites for hydroxylation is 1. The van der Waals surface area contributed by atoms with Crippen molar-refractivity contribution in [1.82, 2.24) is 4.98 Å². The molecule has 1 aromatic heterocycles. The number of para-hydroxylation sites is 1. The first-order chi connectivity index (χ1) is 10.1. The Balaban J connectivity index is 1.73. The maximum absolute atomic E-state index is 12.1. The number of rotatable bonds is 3. The lowest BCUT2D eigenvalue weighted by molar-refractivity contribution is 0.0472. The first-order valence-corrected chi connectivity index (χ1v) is 7.33. The fraction of sp³-hybridized carbons (Fsp3) is 0.125. The van der Waals surface area contributed by atoms with Crippen LogP contribution < -0.4 is 5.73 Å². The molecule has 2 aromatic carbocycles. The van der Waals surface area contributed by atoms with Crippen molar-refractivity contribution in [3.05, 3.63) is 58.6 Å². The molecule has 4 nitrogen and oxygen atoms in total. The number of ether oxygens (including phenoxy) is 1. The number of nitrogens with two attached hydrogens (primary N) is 1. The van der Waals surface area contributed by atoms with Gasteiger partial charge in [0.15, 0.2) is 0 Å². The maximum Gasteiger partial charge on any atom is 0.338 e. The normalized spacial score (nSPS) is 10.7. The van der Waals surface area contributed by atoms with E-state index in [1.807, 2.05) is 31.2 Å². The van der Waals surface area contributed by atoms with Gasteiger partial charge in [-0.25, -0.2) is 9.78 Å². The third kappa shape index (κ3) is 2.87. The van der Waals surface area contributed by atoms with Crippen LogP contribution in [-0.2, 0) is 11.3 Å². The highest BCUT2D eigenvalue weighted by molar-refractivity contribution is 7.18. The van der Waals surface area contributed by atoms with E-state index in [9.17, 15) is 4.79 Å². The fourth-order valence-corrected chi connectivity index (χ4v) is 2.98. The van der Waals surface area contributed by atoms with E-state index in [0.29, 0.717) is 11.3 Å². The van der Waals surface area contributed by atoms with Crippen molar-refractivity contribution in [2.75, 3.05) is 5.73 Å². The van der Waals surface area contributed by atoms with Crippen molar-refractivity contribution in [3.63, 3.8) is 0 Å². The highest BCUT2D eigenvalue weighted by atomic mass is 32.1. The Hall–Kier alpha value is -2.40. The monoisotopic (exact) mass is 298 g/mol. The van der Waals surface area contributed by atoms with Gasteiger partial charge in [0.1, 0.15) is 11.6 Å². The van der Waals surface area contributed by atoms with Gasteiger partial charge < -0.3 is 10.5 Å². The molecular weight excluding hydrogens is 284 g/mol. The van der Waals surface area contributed by atoms with E-state index in [2.05, 4.69) is 4.98 Å². The fourth-order valence-electron chi connectivity index (χ4n) is 2.10. The van der Waals surface area contributed by atoms with Gasteiger partial charge in [0.05, 0.1) is 15.8 Å². The number of aromatic nitrogens is 1. The first kappa shape index (κ1) is 13.6. The number of fused-ring (bicyclic) bond motifs is 1. The standard InChI is InChI=1S/C16H14N2O2S/c1-10-8-11(17)6-7-12(10)16(19)20-9-15-18-13-4-2-3-5-14(13)21-15/h2-8H,9,17H2,1H3. The number of benzene rings is 2. The van der Waals surface area contributed by atoms with Gasteiger partial charge in [-0.1, -0.05) is 12.1 Å². The molecule has 21 heavy (non-hydrogen) atoms. The molecule has 3 rings (SSSR count). The topological polar surface area (TPSA) is 65.2 Å². The number of esters is 1. The molecule has 0 aliphatic rings. The van der Waals surface area contributed by atoms with Crippen molar-refractivity contribution >= 4 is 33.2 Å². The van der Waals surface area contributed by atoms with E-state index in [1.54, 1.807) is 18.2 Å². The van der Waals surface area contributed by atoms with Gasteiger partial charge >= 0.3 is 5.97 Å². The third-order valence-electron chi connectivity index (χ3n) is 3.14. The molecule has 0 aliphatic carbocycles. The Bertz CT molecular complexity index is 778. The van der Waals surface area contributed by atoms with E-state index in [0.717, 1.165) is 20.8 Å². The van der Waals surface area contributed by atoms with Crippen molar-refractivity contribution in [3.8, 4) is 0 Å². The van der Waals surface area contributed by atoms with E-state index >= 15 is 0 Å². The maximum atomic E-state index is 12.1. The quantitative estimate of drug-likeness (QED) is 0.593. The van der Waals surface area contributed by atoms with Gasteiger partial charge in [0.2, 0.25) is 0 Å². The molecule has 0 unspecified atom stereocenters. The zero-order valence-corrected chi connectivity index (χ0v) is 12.3. The number of hydrogen-bond acceptors (Lipinski definition) is 5. The summed E-state index contributed by atoms with van der Waals surface area (Å²) in [5, 5.41) is 0.789. The minimum atomic E-state index is -0.355. The van der Waals surface area contributed by atoms with Gasteiger partial charge in [-0.05, 0) is 42.8 Å². The second kappa shape index (κ2) is 5.54. The van der Waals surface area contributed by atoms with Gasteiger partial charge in [-0.2, -0.15) is 0 Å². The van der Waals surface area contributed by atoms with Crippen LogP contribution in [0.4, 0.5) is 5.69 Å². The van der Waals surface area contributed by atoms with Crippen molar-refractivity contribution in [1.29, 1.82) is 0 Å². The zero-order chi connectivity index (χ0) is 14.8. The highest BCUT2D eigenvalue weighted by Gasteiger charge is 2.12. The number of carbonyl (C=O) groups is 1. The summed E-state index contributed by atoms with van der Waals surface area (Å²) in [5.41, 5.74) is 8.58. The SMILES string of the molecule is Cc1cc(N)ccc1C(=O)OCc1nc2ccccc2s1. The molecule has 0 bridgehead atoms. The molecule has 0 spiro atoms. The van der Waals surface area contributed by atoms with Crippen LogP contribution in [-0.4, -0.2) is 11.0 Å². The van der Waals surface area contributed by atoms with Crippen molar-refractivity contribution in [2.45, 2.75) is 13.5 Å². The number of carbonyl (C=O) groups excluding carboxylic acids is 1. The molecule has 5 heteroatoms. The molecule has 0 saturated carbocycles. The molecule has 3 aromatic rings. The number of nitrogens with zero attached hydrogens (tertiary/aromatic N) is 1. The van der Waals surface area contributed by atoms with Crippen LogP contribution in [0.25, 0.3) is 10.2 Å². The average molecular weight is 298 g/mol. The minimum absolute atomic E-state index is 0.183. The Morgan fingerprint density at radius 1 is 1.29 bits per heavy atom. The molecular formula is C16H14N2O2S. The van der Waals surface area contributed by atoms with E-state index in [4.69, 9.17) is 10.5 Å². The Morgan fingerprint density at radius 3 is 2.86 bits per heavy atom. The van der Waals surface area contributed by atoms with Crippen LogP contribution in [0.15, 0.2) is 42.5 Å². The summed E-state index contributed by atoms with van der Waals surface area (Å²) in [6, 6.07) is 13.0. The van der Waals surface area contributed by atoms with Crippen molar-refractivity contribution < 1.29 is 9.53 Å². The van der Waals surface area contributed by atoms with Gasteiger partial charge in [0.25, 0.3) is 0 Å². The number of hydrogen-bond donors (Lipinski definition) is 1. The smallest absolute Gasteiger partial charge is 0.338 e. The Labute approximate surface area is 126 Å². The summed E-state index contributed by atoms with van der Waals surface area (Å²) < 4.78 is 6.42. The van der Waals surface area contributed by atoms with Crippen LogP contribution >= 0.6 is 11.3 Å². The Morgan fingerprint density at radius 2 is 2.10 bits per heavy atom. The molecule has 0 radical (unpaired) electrons. The number of thiazole rings is 1. The lowest BCUT2D eigenvalue weighted by Gasteiger charge is -2.06. The van der Waals surface area contributed by atoms with Crippen LogP contribution in [0.5, 0.6) is 0 Å². The van der Waals surface area contributed by atoms with E-state index < -0.39 is 0 Å². The van der Waals surface area contributed by atoms with Crippen LogP contribution in [0.2, 0.25) is 0 Å². The van der Waals surface area contributed by atoms with Gasteiger partial charge in [-0.3, -0.25) is 0 Å². The van der Waals surface area contributed by atoms with Gasteiger partial charge in [-0.15, -0.1) is 11.3 Å². The molecule has 0 amide bonds. The first-order valence-electron chi connectivity index (χ1n) is 6.51. The van der Waals surface area contributed by atoms with Crippen molar-refractivity contribution in [2.24, 2.45) is 0 Å². The number of nitrogen functional groups attached to an aromatic ring is 1. The lowest BCUT2D eigenvalue weighted by Crippen LogP contribution is -2.07. The molecule has 0 saturated heterocycles. The molecule has 0 aliphatic heterocycles. The average Bonchev–Trinajstić information content (AvgIpc) is 2.87. The molecule has 106 valence electrons. The lowest BCUT2D eigenvalue weighted by atomic mass is 10.1. The largest absolute Gasteiger partial charge is 0.455 e.